The van der Waals surface area contributed by atoms with Crippen LogP contribution in [-0.2, 0) is 24.8 Å². The lowest BCUT2D eigenvalue weighted by Gasteiger charge is -2.31. The van der Waals surface area contributed by atoms with Crippen LogP contribution in [0.2, 0.25) is 0 Å². The van der Waals surface area contributed by atoms with Crippen molar-refractivity contribution in [3.8, 4) is 11.5 Å². The van der Waals surface area contributed by atoms with Gasteiger partial charge in [-0.1, -0.05) is 24.3 Å². The van der Waals surface area contributed by atoms with Crippen LogP contribution in [0.15, 0.2) is 101 Å². The molecule has 0 spiro atoms. The molecule has 1 fully saturated rings. The maximum Gasteiger partial charge on any atom is 0.262 e. The van der Waals surface area contributed by atoms with E-state index in [2.05, 4.69) is 14.8 Å². The number of nitrogens with one attached hydrogen (secondary N) is 3. The van der Waals surface area contributed by atoms with Crippen LogP contribution in [0.4, 0.5) is 22.7 Å². The number of sulfonamides is 2. The number of methoxy groups -OCH3 is 1. The molecule has 3 N–H and O–H groups in total. The van der Waals surface area contributed by atoms with E-state index in [0.717, 1.165) is 0 Å². The van der Waals surface area contributed by atoms with Crippen molar-refractivity contribution in [1.82, 2.24) is 0 Å². The highest BCUT2D eigenvalue weighted by atomic mass is 32.2. The van der Waals surface area contributed by atoms with Gasteiger partial charge in [-0.3, -0.25) is 14.2 Å². The molecule has 1 saturated heterocycles. The second-order valence-corrected chi connectivity index (χ2v) is 13.5. The quantitative estimate of drug-likeness (QED) is 0.194. The monoisotopic (exact) mass is 666 g/mol. The zero-order chi connectivity index (χ0) is 32.7. The van der Waals surface area contributed by atoms with Crippen molar-refractivity contribution in [1.29, 1.82) is 0 Å². The largest absolute Gasteiger partial charge is 0.495 e. The summed E-state index contributed by atoms with van der Waals surface area (Å²) in [6, 6.07) is 23.1. The minimum Gasteiger partial charge on any atom is -0.495 e. The van der Waals surface area contributed by atoms with Gasteiger partial charge in [-0.15, -0.1) is 0 Å². The molecular formula is C32H34N4O8S2. The summed E-state index contributed by atoms with van der Waals surface area (Å²) in [6.07, 6.45) is 0. The summed E-state index contributed by atoms with van der Waals surface area (Å²) >= 11 is 0. The highest BCUT2D eigenvalue weighted by Crippen LogP contribution is 2.33. The zero-order valence-electron chi connectivity index (χ0n) is 25.2. The van der Waals surface area contributed by atoms with Crippen molar-refractivity contribution in [2.24, 2.45) is 0 Å². The molecule has 1 amide bonds. The van der Waals surface area contributed by atoms with Crippen LogP contribution in [0.3, 0.4) is 0 Å². The Kier molecular flexibility index (Phi) is 9.99. The summed E-state index contributed by atoms with van der Waals surface area (Å²) in [6.45, 7) is 4.22. The molecule has 46 heavy (non-hydrogen) atoms. The van der Waals surface area contributed by atoms with E-state index in [1.165, 1.54) is 43.5 Å². The molecule has 4 aromatic rings. The van der Waals surface area contributed by atoms with Crippen LogP contribution in [0, 0.1) is 0 Å². The summed E-state index contributed by atoms with van der Waals surface area (Å²) < 4.78 is 74.6. The lowest BCUT2D eigenvalue weighted by molar-refractivity contribution is 0.102. The molecule has 0 atom stereocenters. The van der Waals surface area contributed by atoms with Crippen LogP contribution >= 0.6 is 0 Å². The van der Waals surface area contributed by atoms with Crippen molar-refractivity contribution in [2.75, 3.05) is 59.7 Å². The Bertz CT molecular complexity index is 1910. The number of para-hydroxylation sites is 3. The average Bonchev–Trinajstić information content (AvgIpc) is 3.05. The molecule has 1 heterocycles. The number of morpholine rings is 1. The summed E-state index contributed by atoms with van der Waals surface area (Å²) in [4.78, 5) is 15.6. The van der Waals surface area contributed by atoms with Crippen LogP contribution in [0.1, 0.15) is 17.3 Å². The predicted molar refractivity (Wildman–Crippen MR) is 176 cm³/mol. The van der Waals surface area contributed by atoms with Gasteiger partial charge in [0.05, 0.1) is 65.0 Å². The number of hydrogen-bond donors (Lipinski definition) is 3. The number of benzene rings is 4. The van der Waals surface area contributed by atoms with Gasteiger partial charge in [-0.2, -0.15) is 0 Å². The van der Waals surface area contributed by atoms with E-state index in [0.29, 0.717) is 50.1 Å². The normalized spacial score (nSPS) is 13.5. The Hall–Kier alpha value is -4.79. The molecule has 4 aromatic carbocycles. The molecule has 0 aromatic heterocycles. The smallest absolute Gasteiger partial charge is 0.262 e. The third-order valence-electron chi connectivity index (χ3n) is 7.09. The first-order chi connectivity index (χ1) is 22.1. The SMILES string of the molecule is CCOc1ccc(S(=O)(=O)Nc2ccccc2C(=O)Nc2cc(S(=O)(=O)Nc3ccccc3OC)ccc2N2CCOCC2)cc1. The Labute approximate surface area is 268 Å². The number of amides is 1. The Balaban J connectivity index is 1.46. The zero-order valence-corrected chi connectivity index (χ0v) is 26.9. The second kappa shape index (κ2) is 14.1. The minimum absolute atomic E-state index is 0.0128. The third-order valence-corrected chi connectivity index (χ3v) is 9.84. The van der Waals surface area contributed by atoms with Gasteiger partial charge in [0.1, 0.15) is 11.5 Å². The molecule has 14 heteroatoms. The number of rotatable bonds is 12. The summed E-state index contributed by atoms with van der Waals surface area (Å²) in [5.41, 5.74) is 1.13. The number of ether oxygens (including phenoxy) is 3. The minimum atomic E-state index is -4.11. The van der Waals surface area contributed by atoms with Gasteiger partial charge < -0.3 is 24.4 Å². The topological polar surface area (TPSA) is 152 Å². The van der Waals surface area contributed by atoms with Crippen molar-refractivity contribution in [2.45, 2.75) is 16.7 Å². The van der Waals surface area contributed by atoms with Gasteiger partial charge in [0, 0.05) is 13.1 Å². The number of carbonyl (C=O) groups excluding carboxylic acids is 1. The van der Waals surface area contributed by atoms with Gasteiger partial charge >= 0.3 is 0 Å². The van der Waals surface area contributed by atoms with Crippen LogP contribution in [0.5, 0.6) is 11.5 Å². The van der Waals surface area contributed by atoms with E-state index >= 15 is 0 Å². The predicted octanol–water partition coefficient (Wildman–Crippen LogP) is 4.78. The summed E-state index contributed by atoms with van der Waals surface area (Å²) in [5.74, 6) is 0.222. The highest BCUT2D eigenvalue weighted by Gasteiger charge is 2.24. The number of hydrogen-bond acceptors (Lipinski definition) is 9. The molecule has 1 aliphatic rings. The van der Waals surface area contributed by atoms with Crippen molar-refractivity contribution in [3.05, 3.63) is 96.6 Å². The van der Waals surface area contributed by atoms with Gasteiger partial charge in [0.25, 0.3) is 26.0 Å². The Morgan fingerprint density at radius 3 is 2.09 bits per heavy atom. The lowest BCUT2D eigenvalue weighted by Crippen LogP contribution is -2.36. The maximum atomic E-state index is 13.8. The maximum absolute atomic E-state index is 13.8. The van der Waals surface area contributed by atoms with E-state index in [9.17, 15) is 21.6 Å². The van der Waals surface area contributed by atoms with E-state index in [1.54, 1.807) is 54.6 Å². The molecule has 242 valence electrons. The van der Waals surface area contributed by atoms with Gasteiger partial charge in [0.2, 0.25) is 0 Å². The van der Waals surface area contributed by atoms with E-state index in [1.807, 2.05) is 11.8 Å². The molecule has 0 radical (unpaired) electrons. The number of carbonyl (C=O) groups is 1. The molecule has 0 saturated carbocycles. The highest BCUT2D eigenvalue weighted by molar-refractivity contribution is 7.93. The number of nitrogens with zero attached hydrogens (tertiary/aromatic N) is 1. The molecule has 5 rings (SSSR count). The van der Waals surface area contributed by atoms with Crippen molar-refractivity contribution >= 4 is 48.7 Å². The standard InChI is InChI=1S/C32H34N4O8S2/c1-3-44-23-12-14-24(15-13-23)45(38,39)34-27-9-5-4-8-26(27)32(37)33-29-22-25(16-17-30(29)36-18-20-43-21-19-36)46(40,41)35-28-10-6-7-11-31(28)42-2/h4-17,22,34-35H,3,18-21H2,1-2H3,(H,33,37). The van der Waals surface area contributed by atoms with Crippen LogP contribution in [-0.4, -0.2) is 62.8 Å². The van der Waals surface area contributed by atoms with E-state index in [4.69, 9.17) is 14.2 Å². The lowest BCUT2D eigenvalue weighted by atomic mass is 10.1. The summed E-state index contributed by atoms with van der Waals surface area (Å²) in [5, 5.41) is 2.82. The second-order valence-electron chi connectivity index (χ2n) is 10.1. The summed E-state index contributed by atoms with van der Waals surface area (Å²) in [7, 11) is -6.74. The number of anilines is 4. The fourth-order valence-electron chi connectivity index (χ4n) is 4.84. The molecule has 1 aliphatic heterocycles. The third kappa shape index (κ3) is 7.53. The Morgan fingerprint density at radius 1 is 0.783 bits per heavy atom. The van der Waals surface area contributed by atoms with Crippen molar-refractivity contribution < 1.29 is 35.8 Å². The average molecular weight is 667 g/mol. The van der Waals surface area contributed by atoms with Crippen molar-refractivity contribution in [3.63, 3.8) is 0 Å². The van der Waals surface area contributed by atoms with Gasteiger partial charge in [-0.25, -0.2) is 16.8 Å². The van der Waals surface area contributed by atoms with Crippen LogP contribution in [0.25, 0.3) is 0 Å². The first kappa shape index (κ1) is 32.6. The first-order valence-electron chi connectivity index (χ1n) is 14.4. The fourth-order valence-corrected chi connectivity index (χ4v) is 7.02. The molecule has 0 aliphatic carbocycles. The molecule has 0 unspecified atom stereocenters. The van der Waals surface area contributed by atoms with Crippen LogP contribution < -0.4 is 29.1 Å². The molecular weight excluding hydrogens is 633 g/mol. The molecule has 12 nitrogen and oxygen atoms in total. The van der Waals surface area contributed by atoms with Gasteiger partial charge in [-0.05, 0) is 73.7 Å². The van der Waals surface area contributed by atoms with E-state index in [-0.39, 0.29) is 32.4 Å². The van der Waals surface area contributed by atoms with E-state index < -0.39 is 26.0 Å². The first-order valence-corrected chi connectivity index (χ1v) is 17.4. The fraction of sp³-hybridized carbons (Fsp3) is 0.219. The molecule has 0 bridgehead atoms. The van der Waals surface area contributed by atoms with Gasteiger partial charge in [0.15, 0.2) is 0 Å². The Morgan fingerprint density at radius 2 is 1.39 bits per heavy atom.